The van der Waals surface area contributed by atoms with E-state index in [0.29, 0.717) is 22.7 Å². The van der Waals surface area contributed by atoms with Crippen molar-refractivity contribution >= 4 is 32.5 Å². The normalized spacial score (nSPS) is 15.8. The number of sulfonamides is 1. The molecule has 0 radical (unpaired) electrons. The number of fused-ring (bicyclic) bond motifs is 2. The van der Waals surface area contributed by atoms with Crippen LogP contribution in [0.25, 0.3) is 10.9 Å². The fourth-order valence-electron chi connectivity index (χ4n) is 4.16. The Balaban J connectivity index is 1.59. The molecule has 6 nitrogen and oxygen atoms in total. The molecular formula is C25H27N3O3S. The average molecular weight is 450 g/mol. The van der Waals surface area contributed by atoms with Crippen molar-refractivity contribution in [2.24, 2.45) is 5.92 Å². The van der Waals surface area contributed by atoms with Gasteiger partial charge >= 0.3 is 0 Å². The van der Waals surface area contributed by atoms with Crippen LogP contribution < -0.4 is 10.0 Å². The third-order valence-corrected chi connectivity index (χ3v) is 7.07. The van der Waals surface area contributed by atoms with Crippen LogP contribution in [0.4, 0.5) is 5.69 Å². The maximum atomic E-state index is 13.4. The Bertz CT molecular complexity index is 1270. The van der Waals surface area contributed by atoms with E-state index in [1.165, 1.54) is 6.08 Å². The number of benzene rings is 2. The second-order valence-electron chi connectivity index (χ2n) is 8.32. The third kappa shape index (κ3) is 4.89. The van der Waals surface area contributed by atoms with Crippen molar-refractivity contribution in [3.63, 3.8) is 0 Å². The van der Waals surface area contributed by atoms with Gasteiger partial charge in [0.1, 0.15) is 0 Å². The molecule has 2 N–H and O–H groups in total. The summed E-state index contributed by atoms with van der Waals surface area (Å²) in [6, 6.07) is 14.6. The number of carbonyl (C=O) groups excluding carboxylic acids is 1. The molecule has 1 aliphatic rings. The van der Waals surface area contributed by atoms with Gasteiger partial charge < -0.3 is 5.32 Å². The summed E-state index contributed by atoms with van der Waals surface area (Å²) in [6.07, 6.45) is 4.29. The first kappa shape index (κ1) is 22.2. The number of aromatic nitrogens is 1. The van der Waals surface area contributed by atoms with Gasteiger partial charge in [-0.1, -0.05) is 43.3 Å². The van der Waals surface area contributed by atoms with Crippen LogP contribution >= 0.6 is 0 Å². The highest BCUT2D eigenvalue weighted by atomic mass is 32.2. The van der Waals surface area contributed by atoms with Gasteiger partial charge in [-0.05, 0) is 54.5 Å². The van der Waals surface area contributed by atoms with Crippen LogP contribution in [-0.2, 0) is 28.6 Å². The van der Waals surface area contributed by atoms with Crippen LogP contribution in [0.2, 0.25) is 0 Å². The van der Waals surface area contributed by atoms with Crippen LogP contribution in [0.5, 0.6) is 0 Å². The molecule has 1 unspecified atom stereocenters. The molecule has 166 valence electrons. The van der Waals surface area contributed by atoms with E-state index in [1.807, 2.05) is 24.3 Å². The van der Waals surface area contributed by atoms with E-state index < -0.39 is 10.0 Å². The van der Waals surface area contributed by atoms with E-state index in [-0.39, 0.29) is 18.2 Å². The molecule has 1 atom stereocenters. The first-order chi connectivity index (χ1) is 15.4. The summed E-state index contributed by atoms with van der Waals surface area (Å²) in [5.41, 5.74) is 4.83. The highest BCUT2D eigenvalue weighted by Crippen LogP contribution is 2.32. The molecule has 0 aliphatic heterocycles. The largest absolute Gasteiger partial charge is 0.322 e. The molecule has 32 heavy (non-hydrogen) atoms. The van der Waals surface area contributed by atoms with E-state index in [0.717, 1.165) is 41.4 Å². The molecule has 1 aliphatic carbocycles. The van der Waals surface area contributed by atoms with Gasteiger partial charge in [0, 0.05) is 23.3 Å². The average Bonchev–Trinajstić information content (AvgIpc) is 2.77. The molecule has 1 aromatic heterocycles. The predicted octanol–water partition coefficient (Wildman–Crippen LogP) is 4.22. The number of aryl methyl sites for hydroxylation is 1. The lowest BCUT2D eigenvalue weighted by Crippen LogP contribution is -2.25. The van der Waals surface area contributed by atoms with Crippen molar-refractivity contribution in [3.05, 3.63) is 83.6 Å². The summed E-state index contributed by atoms with van der Waals surface area (Å²) in [4.78, 5) is 18.2. The number of anilines is 1. The summed E-state index contributed by atoms with van der Waals surface area (Å²) >= 11 is 0. The number of hydrogen-bond acceptors (Lipinski definition) is 4. The molecule has 4 rings (SSSR count). The molecule has 0 fully saturated rings. The van der Waals surface area contributed by atoms with Gasteiger partial charge in [-0.3, -0.25) is 9.78 Å². The second-order valence-corrected chi connectivity index (χ2v) is 10.1. The van der Waals surface area contributed by atoms with Gasteiger partial charge in [0.15, 0.2) is 0 Å². The molecule has 0 spiro atoms. The minimum absolute atomic E-state index is 0.130. The SMILES string of the molecule is C=CCNS(=O)(=O)Cc1ccc(NC(=O)c2c3c(nc4ccccc24)CCC(C)C3)cc1. The molecule has 0 bridgehead atoms. The lowest BCUT2D eigenvalue weighted by Gasteiger charge is -2.24. The fraction of sp³-hybridized carbons (Fsp3) is 0.280. The number of pyridine rings is 1. The number of amides is 1. The monoisotopic (exact) mass is 449 g/mol. The quantitative estimate of drug-likeness (QED) is 0.529. The zero-order valence-corrected chi connectivity index (χ0v) is 18.9. The van der Waals surface area contributed by atoms with Gasteiger partial charge in [-0.25, -0.2) is 13.1 Å². The van der Waals surface area contributed by atoms with Crippen molar-refractivity contribution < 1.29 is 13.2 Å². The molecular weight excluding hydrogens is 422 g/mol. The maximum Gasteiger partial charge on any atom is 0.256 e. The maximum absolute atomic E-state index is 13.4. The van der Waals surface area contributed by atoms with Gasteiger partial charge in [-0.2, -0.15) is 0 Å². The molecule has 2 aromatic carbocycles. The number of rotatable bonds is 7. The third-order valence-electron chi connectivity index (χ3n) is 5.75. The standard InChI is InChI=1S/C25H27N3O3S/c1-3-14-26-32(30,31)16-18-9-11-19(12-10-18)27-25(29)24-20-6-4-5-7-22(20)28-23-13-8-17(2)15-21(23)24/h3-7,9-12,17,26H,1,8,13-16H2,2H3,(H,27,29). The van der Waals surface area contributed by atoms with Crippen LogP contribution in [0.3, 0.4) is 0 Å². The summed E-state index contributed by atoms with van der Waals surface area (Å²) in [5.74, 6) is 0.213. The molecule has 0 saturated carbocycles. The number of nitrogens with zero attached hydrogens (tertiary/aromatic N) is 1. The van der Waals surface area contributed by atoms with Crippen LogP contribution in [0.15, 0.2) is 61.2 Å². The van der Waals surface area contributed by atoms with Gasteiger partial charge in [0.25, 0.3) is 5.91 Å². The Hall–Kier alpha value is -3.03. The number of nitrogens with one attached hydrogen (secondary N) is 2. The Morgan fingerprint density at radius 3 is 2.69 bits per heavy atom. The first-order valence-electron chi connectivity index (χ1n) is 10.8. The zero-order chi connectivity index (χ0) is 22.7. The van der Waals surface area contributed by atoms with Gasteiger partial charge in [-0.15, -0.1) is 6.58 Å². The highest BCUT2D eigenvalue weighted by molar-refractivity contribution is 7.88. The Morgan fingerprint density at radius 2 is 1.94 bits per heavy atom. The van der Waals surface area contributed by atoms with Crippen LogP contribution in [0.1, 0.15) is 40.5 Å². The van der Waals surface area contributed by atoms with Crippen molar-refractivity contribution in [2.45, 2.75) is 31.9 Å². The number of para-hydroxylation sites is 1. The van der Waals surface area contributed by atoms with E-state index in [9.17, 15) is 13.2 Å². The molecule has 0 saturated heterocycles. The van der Waals surface area contributed by atoms with Gasteiger partial charge in [0.05, 0.1) is 16.8 Å². The summed E-state index contributed by atoms with van der Waals surface area (Å²) in [5, 5.41) is 3.85. The lowest BCUT2D eigenvalue weighted by atomic mass is 9.84. The molecule has 1 amide bonds. The molecule has 3 aromatic rings. The predicted molar refractivity (Wildman–Crippen MR) is 128 cm³/mol. The van der Waals surface area contributed by atoms with Crippen molar-refractivity contribution in [2.75, 3.05) is 11.9 Å². The molecule has 1 heterocycles. The Morgan fingerprint density at radius 1 is 1.19 bits per heavy atom. The second kappa shape index (κ2) is 9.22. The summed E-state index contributed by atoms with van der Waals surface area (Å²) in [7, 11) is -3.43. The smallest absolute Gasteiger partial charge is 0.256 e. The first-order valence-corrected chi connectivity index (χ1v) is 12.4. The zero-order valence-electron chi connectivity index (χ0n) is 18.1. The minimum Gasteiger partial charge on any atom is -0.322 e. The van der Waals surface area contributed by atoms with E-state index in [1.54, 1.807) is 24.3 Å². The summed E-state index contributed by atoms with van der Waals surface area (Å²) in [6.45, 7) is 5.91. The molecule has 7 heteroatoms. The van der Waals surface area contributed by atoms with E-state index in [4.69, 9.17) is 4.98 Å². The van der Waals surface area contributed by atoms with Gasteiger partial charge in [0.2, 0.25) is 10.0 Å². The highest BCUT2D eigenvalue weighted by Gasteiger charge is 2.25. The Labute approximate surface area is 188 Å². The van der Waals surface area contributed by atoms with Crippen molar-refractivity contribution in [3.8, 4) is 0 Å². The topological polar surface area (TPSA) is 88.2 Å². The van der Waals surface area contributed by atoms with Crippen LogP contribution in [0, 0.1) is 5.92 Å². The van der Waals surface area contributed by atoms with E-state index in [2.05, 4.69) is 23.5 Å². The summed E-state index contributed by atoms with van der Waals surface area (Å²) < 4.78 is 26.6. The van der Waals surface area contributed by atoms with Crippen molar-refractivity contribution in [1.29, 1.82) is 0 Å². The Kier molecular flexibility index (Phi) is 6.39. The minimum atomic E-state index is -3.43. The number of hydrogen-bond donors (Lipinski definition) is 2. The fourth-order valence-corrected chi connectivity index (χ4v) is 5.26. The number of carbonyl (C=O) groups is 1. The van der Waals surface area contributed by atoms with E-state index >= 15 is 0 Å². The van der Waals surface area contributed by atoms with Crippen LogP contribution in [-0.4, -0.2) is 25.9 Å². The van der Waals surface area contributed by atoms with Crippen molar-refractivity contribution in [1.82, 2.24) is 9.71 Å². The lowest BCUT2D eigenvalue weighted by molar-refractivity contribution is 0.102.